The molecule has 4 nitrogen and oxygen atoms in total. The van der Waals surface area contributed by atoms with Crippen LogP contribution >= 0.6 is 0 Å². The van der Waals surface area contributed by atoms with Gasteiger partial charge in [-0.15, -0.1) is 0 Å². The van der Waals surface area contributed by atoms with Gasteiger partial charge in [0.2, 0.25) is 0 Å². The summed E-state index contributed by atoms with van der Waals surface area (Å²) in [6, 6.07) is 40.1. The summed E-state index contributed by atoms with van der Waals surface area (Å²) in [7, 11) is 0. The number of nitrogens with zero attached hydrogens (tertiary/aromatic N) is 1. The first-order valence-corrected chi connectivity index (χ1v) is 15.1. The number of benzene rings is 6. The van der Waals surface area contributed by atoms with Crippen LogP contribution in [0.3, 0.4) is 0 Å². The molecule has 0 spiro atoms. The summed E-state index contributed by atoms with van der Waals surface area (Å²) in [6.07, 6.45) is 5.74. The van der Waals surface area contributed by atoms with E-state index < -0.39 is 0 Å². The Morgan fingerprint density at radius 1 is 0.511 bits per heavy atom. The van der Waals surface area contributed by atoms with E-state index in [0.717, 1.165) is 87.9 Å². The number of furan rings is 3. The van der Waals surface area contributed by atoms with Crippen molar-refractivity contribution in [2.45, 2.75) is 6.92 Å². The molecule has 0 atom stereocenters. The molecule has 0 aliphatic carbocycles. The van der Waals surface area contributed by atoms with Crippen LogP contribution in [0.25, 0.3) is 77.8 Å². The molecule has 0 fully saturated rings. The Kier molecular flexibility index (Phi) is 5.53. The van der Waals surface area contributed by atoms with Gasteiger partial charge in [0.15, 0.2) is 0 Å². The summed E-state index contributed by atoms with van der Waals surface area (Å²) < 4.78 is 19.0. The molecule has 9 aromatic rings. The maximum atomic E-state index is 6.49. The minimum atomic E-state index is 0.800. The fourth-order valence-electron chi connectivity index (χ4n) is 6.68. The van der Waals surface area contributed by atoms with Gasteiger partial charge >= 0.3 is 0 Å². The monoisotopic (exact) mass is 581 g/mol. The summed E-state index contributed by atoms with van der Waals surface area (Å²) in [6.45, 7) is 5.90. The van der Waals surface area contributed by atoms with Crippen molar-refractivity contribution in [3.05, 3.63) is 139 Å². The number of anilines is 3. The van der Waals surface area contributed by atoms with Crippen molar-refractivity contribution in [3.63, 3.8) is 0 Å². The van der Waals surface area contributed by atoms with Crippen LogP contribution in [-0.4, -0.2) is 0 Å². The summed E-state index contributed by atoms with van der Waals surface area (Å²) in [5.41, 5.74) is 8.00. The molecule has 214 valence electrons. The molecule has 45 heavy (non-hydrogen) atoms. The van der Waals surface area contributed by atoms with Gasteiger partial charge in [-0.2, -0.15) is 0 Å². The molecule has 0 aliphatic rings. The summed E-state index contributed by atoms with van der Waals surface area (Å²) in [5, 5.41) is 8.83. The van der Waals surface area contributed by atoms with Gasteiger partial charge in [-0.1, -0.05) is 61.2 Å². The molecule has 0 N–H and O–H groups in total. The first-order chi connectivity index (χ1) is 22.2. The van der Waals surface area contributed by atoms with E-state index in [1.165, 1.54) is 5.39 Å². The highest BCUT2D eigenvalue weighted by Crippen LogP contribution is 2.41. The smallest absolute Gasteiger partial charge is 0.137 e. The zero-order valence-corrected chi connectivity index (χ0v) is 24.6. The zero-order valence-electron chi connectivity index (χ0n) is 24.6. The van der Waals surface area contributed by atoms with E-state index in [4.69, 9.17) is 13.3 Å². The molecule has 6 aromatic carbocycles. The lowest BCUT2D eigenvalue weighted by molar-refractivity contribution is 0.576. The van der Waals surface area contributed by atoms with Crippen molar-refractivity contribution in [3.8, 4) is 0 Å². The van der Waals surface area contributed by atoms with E-state index in [1.54, 1.807) is 6.08 Å². The number of hydrogen-bond donors (Lipinski definition) is 0. The maximum Gasteiger partial charge on any atom is 0.137 e. The third-order valence-electron chi connectivity index (χ3n) is 8.76. The number of hydrogen-bond acceptors (Lipinski definition) is 4. The quantitative estimate of drug-likeness (QED) is 0.207. The number of fused-ring (bicyclic) bond motifs is 8. The molecule has 0 bridgehead atoms. The SMILES string of the molecule is C=C/C=c1/oc2cc(N(c3ccc4c(c3)oc3cc5ccccc5cc34)c3ccc4oc5ccccc5c4c3)ccc2/c1=C/C. The Morgan fingerprint density at radius 3 is 1.89 bits per heavy atom. The van der Waals surface area contributed by atoms with Crippen LogP contribution in [0.4, 0.5) is 17.1 Å². The van der Waals surface area contributed by atoms with Gasteiger partial charge in [-0.05, 0) is 84.4 Å². The van der Waals surface area contributed by atoms with Crippen molar-refractivity contribution in [1.82, 2.24) is 0 Å². The van der Waals surface area contributed by atoms with E-state index in [9.17, 15) is 0 Å². The Balaban J connectivity index is 1.29. The number of allylic oxidation sites excluding steroid dienone is 1. The molecular formula is C41H27NO3. The van der Waals surface area contributed by atoms with Crippen LogP contribution in [0.1, 0.15) is 6.92 Å². The highest BCUT2D eigenvalue weighted by atomic mass is 16.3. The number of para-hydroxylation sites is 1. The Morgan fingerprint density at radius 2 is 1.09 bits per heavy atom. The molecule has 0 unspecified atom stereocenters. The van der Waals surface area contributed by atoms with Crippen molar-refractivity contribution in [2.24, 2.45) is 0 Å². The van der Waals surface area contributed by atoms with E-state index in [1.807, 2.05) is 31.2 Å². The Hall–Kier alpha value is -6.00. The predicted molar refractivity (Wildman–Crippen MR) is 187 cm³/mol. The van der Waals surface area contributed by atoms with Crippen LogP contribution in [-0.2, 0) is 0 Å². The van der Waals surface area contributed by atoms with Crippen molar-refractivity contribution in [2.75, 3.05) is 4.90 Å². The second-order valence-electron chi connectivity index (χ2n) is 11.3. The van der Waals surface area contributed by atoms with Crippen LogP contribution in [0.2, 0.25) is 0 Å². The fourth-order valence-corrected chi connectivity index (χ4v) is 6.68. The lowest BCUT2D eigenvalue weighted by Crippen LogP contribution is -2.18. The number of rotatable bonds is 4. The first kappa shape index (κ1) is 25.5. The van der Waals surface area contributed by atoms with Gasteiger partial charge in [0, 0.05) is 61.3 Å². The maximum absolute atomic E-state index is 6.49. The molecule has 4 heteroatoms. The van der Waals surface area contributed by atoms with Crippen LogP contribution in [0, 0.1) is 0 Å². The second kappa shape index (κ2) is 9.76. The van der Waals surface area contributed by atoms with Gasteiger partial charge in [-0.25, -0.2) is 0 Å². The van der Waals surface area contributed by atoms with Gasteiger partial charge in [0.1, 0.15) is 33.3 Å². The minimum Gasteiger partial charge on any atom is -0.456 e. The average Bonchev–Trinajstić information content (AvgIpc) is 3.73. The molecule has 3 heterocycles. The molecule has 9 rings (SSSR count). The topological polar surface area (TPSA) is 42.7 Å². The summed E-state index contributed by atoms with van der Waals surface area (Å²) in [4.78, 5) is 2.25. The molecule has 0 saturated heterocycles. The highest BCUT2D eigenvalue weighted by Gasteiger charge is 2.19. The third kappa shape index (κ3) is 3.93. The molecule has 0 saturated carbocycles. The lowest BCUT2D eigenvalue weighted by Gasteiger charge is -2.25. The minimum absolute atomic E-state index is 0.800. The third-order valence-corrected chi connectivity index (χ3v) is 8.76. The molecule has 3 aromatic heterocycles. The van der Waals surface area contributed by atoms with Crippen molar-refractivity contribution in [1.29, 1.82) is 0 Å². The van der Waals surface area contributed by atoms with Gasteiger partial charge in [0.05, 0.1) is 0 Å². The average molecular weight is 582 g/mol. The molecular weight excluding hydrogens is 554 g/mol. The summed E-state index contributed by atoms with van der Waals surface area (Å²) in [5.74, 6) is 0. The van der Waals surface area contributed by atoms with Crippen LogP contribution in [0.15, 0.2) is 141 Å². The molecule has 0 amide bonds. The second-order valence-corrected chi connectivity index (χ2v) is 11.3. The molecule has 0 radical (unpaired) electrons. The van der Waals surface area contributed by atoms with E-state index in [-0.39, 0.29) is 0 Å². The van der Waals surface area contributed by atoms with Crippen molar-refractivity contribution >= 4 is 94.8 Å². The highest BCUT2D eigenvalue weighted by molar-refractivity contribution is 6.11. The zero-order chi connectivity index (χ0) is 30.1. The first-order valence-electron chi connectivity index (χ1n) is 15.1. The standard InChI is InChI=1S/C41H27NO3/c1-3-9-36-30(4-2)32-17-14-28(23-40(32)44-36)42(27-16-19-38-35(22-27)31-12-7-8-13-37(31)43-38)29-15-18-33-34-20-25-10-5-6-11-26(25)21-39(34)45-41(33)24-29/h3-24H,1H2,2H3/b30-4-,36-9+. The molecule has 0 aliphatic heterocycles. The van der Waals surface area contributed by atoms with Crippen LogP contribution < -0.4 is 15.5 Å². The lowest BCUT2D eigenvalue weighted by atomic mass is 10.1. The fraction of sp³-hybridized carbons (Fsp3) is 0.0244. The van der Waals surface area contributed by atoms with E-state index in [0.29, 0.717) is 0 Å². The Labute approximate surface area is 258 Å². The van der Waals surface area contributed by atoms with E-state index >= 15 is 0 Å². The largest absolute Gasteiger partial charge is 0.456 e. The van der Waals surface area contributed by atoms with Crippen LogP contribution in [0.5, 0.6) is 0 Å². The Bertz CT molecular complexity index is 2760. The van der Waals surface area contributed by atoms with Gasteiger partial charge in [-0.3, -0.25) is 0 Å². The summed E-state index contributed by atoms with van der Waals surface area (Å²) >= 11 is 0. The van der Waals surface area contributed by atoms with E-state index in [2.05, 4.69) is 115 Å². The van der Waals surface area contributed by atoms with Gasteiger partial charge < -0.3 is 18.2 Å². The van der Waals surface area contributed by atoms with Crippen molar-refractivity contribution < 1.29 is 13.3 Å². The van der Waals surface area contributed by atoms with Gasteiger partial charge in [0.25, 0.3) is 0 Å². The normalized spacial score (nSPS) is 12.9. The predicted octanol–water partition coefficient (Wildman–Crippen LogP) is 10.6.